The number of aliphatic carboxylic acids is 1. The Kier molecular flexibility index (Phi) is 12.8. The van der Waals surface area contributed by atoms with Gasteiger partial charge in [-0.05, 0) is 48.5 Å². The zero-order valence-electron chi connectivity index (χ0n) is 19.5. The molecule has 3 amide bonds. The Labute approximate surface area is 209 Å². The van der Waals surface area contributed by atoms with Crippen molar-refractivity contribution in [3.05, 3.63) is 29.8 Å². The van der Waals surface area contributed by atoms with Crippen LogP contribution in [0.15, 0.2) is 24.3 Å². The molecule has 4 unspecified atom stereocenters. The average Bonchev–Trinajstić information content (AvgIpc) is 2.78. The monoisotopic (exact) mass is 514 g/mol. The Morgan fingerprint density at radius 2 is 1.56 bits per heavy atom. The lowest BCUT2D eigenvalue weighted by Gasteiger charge is -2.25. The minimum atomic E-state index is -1.17. The number of benzene rings is 1. The summed E-state index contributed by atoms with van der Waals surface area (Å²) < 4.78 is 0. The van der Waals surface area contributed by atoms with E-state index in [1.54, 1.807) is 26.0 Å². The molecule has 0 aliphatic carbocycles. The number of phenolic OH excluding ortho intramolecular Hbond substituents is 1. The maximum Gasteiger partial charge on any atom is 0.326 e. The molecule has 0 radical (unpaired) electrons. The predicted molar refractivity (Wildman–Crippen MR) is 135 cm³/mol. The second kappa shape index (κ2) is 14.7. The number of carboxylic acid groups (broad SMARTS) is 1. The number of carbonyl (C=O) groups is 4. The van der Waals surface area contributed by atoms with Crippen LogP contribution in [0, 0.1) is 5.92 Å². The Balaban J connectivity index is 2.81. The number of carbonyl (C=O) groups excluding carboxylic acids is 3. The number of nitrogens with two attached hydrogens (primary N) is 1. The molecule has 0 bridgehead atoms. The lowest BCUT2D eigenvalue weighted by molar-refractivity contribution is -0.143. The van der Waals surface area contributed by atoms with Crippen LogP contribution in [-0.2, 0) is 25.6 Å². The number of hydrogen-bond donors (Lipinski definition) is 7. The smallest absolute Gasteiger partial charge is 0.326 e. The molecule has 190 valence electrons. The molecule has 0 spiro atoms. The molecule has 1 rings (SSSR count). The normalized spacial score (nSPS) is 14.5. The summed E-state index contributed by atoms with van der Waals surface area (Å²) in [5, 5.41) is 26.3. The highest BCUT2D eigenvalue weighted by molar-refractivity contribution is 7.98. The van der Waals surface area contributed by atoms with Crippen LogP contribution >= 0.6 is 24.4 Å². The minimum Gasteiger partial charge on any atom is -0.508 e. The first-order valence-electron chi connectivity index (χ1n) is 10.8. The molecule has 10 nitrogen and oxygen atoms in total. The van der Waals surface area contributed by atoms with Gasteiger partial charge in [-0.2, -0.15) is 24.4 Å². The van der Waals surface area contributed by atoms with Gasteiger partial charge in [-0.3, -0.25) is 14.4 Å². The molecule has 0 aliphatic rings. The van der Waals surface area contributed by atoms with E-state index < -0.39 is 47.9 Å². The van der Waals surface area contributed by atoms with Crippen LogP contribution in [0.4, 0.5) is 0 Å². The van der Waals surface area contributed by atoms with Crippen molar-refractivity contribution in [1.82, 2.24) is 16.0 Å². The van der Waals surface area contributed by atoms with Gasteiger partial charge in [0.15, 0.2) is 0 Å². The fraction of sp³-hybridized carbons (Fsp3) is 0.545. The molecule has 12 heteroatoms. The van der Waals surface area contributed by atoms with Crippen LogP contribution in [0.25, 0.3) is 0 Å². The molecule has 0 heterocycles. The first-order chi connectivity index (χ1) is 16.0. The third-order valence-electron chi connectivity index (χ3n) is 5.02. The molecule has 4 atom stereocenters. The first-order valence-corrected chi connectivity index (χ1v) is 12.8. The van der Waals surface area contributed by atoms with Crippen LogP contribution < -0.4 is 21.7 Å². The summed E-state index contributed by atoms with van der Waals surface area (Å²) in [5.41, 5.74) is 6.70. The number of phenols is 1. The van der Waals surface area contributed by atoms with Gasteiger partial charge in [0.1, 0.15) is 23.9 Å². The summed E-state index contributed by atoms with van der Waals surface area (Å²) in [6, 6.07) is 2.17. The Hall–Kier alpha value is -2.44. The number of thioether (sulfide) groups is 1. The molecule has 7 N–H and O–H groups in total. The highest BCUT2D eigenvalue weighted by Crippen LogP contribution is 2.11. The van der Waals surface area contributed by atoms with E-state index in [1.807, 2.05) is 6.26 Å². The summed E-state index contributed by atoms with van der Waals surface area (Å²) >= 11 is 5.61. The van der Waals surface area contributed by atoms with Gasteiger partial charge in [-0.25, -0.2) is 4.79 Å². The predicted octanol–water partition coefficient (Wildman–Crippen LogP) is 0.140. The number of nitrogens with one attached hydrogen (secondary N) is 3. The van der Waals surface area contributed by atoms with Gasteiger partial charge in [0.2, 0.25) is 17.7 Å². The van der Waals surface area contributed by atoms with E-state index >= 15 is 0 Å². The molecule has 1 aromatic carbocycles. The lowest BCUT2D eigenvalue weighted by Crippen LogP contribution is -2.58. The quantitative estimate of drug-likeness (QED) is 0.172. The van der Waals surface area contributed by atoms with E-state index in [9.17, 15) is 29.4 Å². The average molecular weight is 515 g/mol. The van der Waals surface area contributed by atoms with E-state index in [4.69, 9.17) is 5.73 Å². The zero-order chi connectivity index (χ0) is 25.8. The number of thiol groups is 1. The van der Waals surface area contributed by atoms with Gasteiger partial charge in [-0.1, -0.05) is 26.0 Å². The maximum absolute atomic E-state index is 12.8. The van der Waals surface area contributed by atoms with Crippen molar-refractivity contribution in [2.75, 3.05) is 17.8 Å². The van der Waals surface area contributed by atoms with Gasteiger partial charge < -0.3 is 31.9 Å². The van der Waals surface area contributed by atoms with E-state index in [0.717, 1.165) is 5.56 Å². The van der Waals surface area contributed by atoms with E-state index in [2.05, 4.69) is 28.6 Å². The number of aromatic hydroxyl groups is 1. The molecule has 1 aromatic rings. The zero-order valence-corrected chi connectivity index (χ0v) is 21.2. The van der Waals surface area contributed by atoms with Crippen molar-refractivity contribution in [2.45, 2.75) is 50.9 Å². The third kappa shape index (κ3) is 9.82. The Bertz CT molecular complexity index is 837. The van der Waals surface area contributed by atoms with Crippen LogP contribution in [0.5, 0.6) is 5.75 Å². The second-order valence-corrected chi connectivity index (χ2v) is 9.48. The summed E-state index contributed by atoms with van der Waals surface area (Å²) in [6.45, 7) is 3.34. The van der Waals surface area contributed by atoms with E-state index in [-0.39, 0.29) is 30.3 Å². The molecule has 0 saturated carbocycles. The third-order valence-corrected chi connectivity index (χ3v) is 6.03. The minimum absolute atomic E-state index is 0.0376. The van der Waals surface area contributed by atoms with Crippen molar-refractivity contribution in [1.29, 1.82) is 0 Å². The van der Waals surface area contributed by atoms with Crippen molar-refractivity contribution < 1.29 is 29.4 Å². The molecular weight excluding hydrogens is 480 g/mol. The molecule has 0 fully saturated rings. The van der Waals surface area contributed by atoms with Crippen LogP contribution in [0.3, 0.4) is 0 Å². The largest absolute Gasteiger partial charge is 0.508 e. The molecule has 0 saturated heterocycles. The van der Waals surface area contributed by atoms with Crippen LogP contribution in [-0.4, -0.2) is 75.8 Å². The second-order valence-electron chi connectivity index (χ2n) is 8.13. The summed E-state index contributed by atoms with van der Waals surface area (Å²) in [7, 11) is 0. The van der Waals surface area contributed by atoms with E-state index in [1.165, 1.54) is 23.9 Å². The fourth-order valence-electron chi connectivity index (χ4n) is 3.00. The van der Waals surface area contributed by atoms with Crippen molar-refractivity contribution >= 4 is 48.1 Å². The SMILES string of the molecule is CSCCC(NC(=O)C(CS)NC(=O)C(N)Cc1ccc(O)cc1)C(=O)NC(C(=O)O)C(C)C. The summed E-state index contributed by atoms with van der Waals surface area (Å²) in [4.78, 5) is 49.5. The molecule has 34 heavy (non-hydrogen) atoms. The number of hydrogen-bond acceptors (Lipinski definition) is 8. The highest BCUT2D eigenvalue weighted by atomic mass is 32.2. The number of rotatable bonds is 14. The number of amides is 3. The van der Waals surface area contributed by atoms with Gasteiger partial charge in [0.25, 0.3) is 0 Å². The topological polar surface area (TPSA) is 171 Å². The first kappa shape index (κ1) is 29.6. The van der Waals surface area contributed by atoms with Gasteiger partial charge >= 0.3 is 5.97 Å². The Morgan fingerprint density at radius 1 is 1.00 bits per heavy atom. The van der Waals surface area contributed by atoms with Crippen molar-refractivity contribution in [3.8, 4) is 5.75 Å². The van der Waals surface area contributed by atoms with Crippen molar-refractivity contribution in [3.63, 3.8) is 0 Å². The fourth-order valence-corrected chi connectivity index (χ4v) is 3.72. The van der Waals surface area contributed by atoms with Gasteiger partial charge in [0, 0.05) is 5.75 Å². The van der Waals surface area contributed by atoms with Gasteiger partial charge in [0.05, 0.1) is 6.04 Å². The van der Waals surface area contributed by atoms with E-state index in [0.29, 0.717) is 5.75 Å². The Morgan fingerprint density at radius 3 is 2.06 bits per heavy atom. The summed E-state index contributed by atoms with van der Waals surface area (Å²) in [5.74, 6) is -2.72. The molecular formula is C22H34N4O6S2. The van der Waals surface area contributed by atoms with Crippen LogP contribution in [0.1, 0.15) is 25.8 Å². The molecule has 0 aliphatic heterocycles. The number of carboxylic acids is 1. The maximum atomic E-state index is 12.8. The molecule has 0 aromatic heterocycles. The highest BCUT2D eigenvalue weighted by Gasteiger charge is 2.30. The van der Waals surface area contributed by atoms with Gasteiger partial charge in [-0.15, -0.1) is 0 Å². The summed E-state index contributed by atoms with van der Waals surface area (Å²) in [6.07, 6.45) is 2.31. The van der Waals surface area contributed by atoms with Crippen molar-refractivity contribution in [2.24, 2.45) is 11.7 Å². The van der Waals surface area contributed by atoms with Crippen LogP contribution in [0.2, 0.25) is 0 Å². The lowest BCUT2D eigenvalue weighted by atomic mass is 10.0. The standard InChI is InChI=1S/C22H34N4O6S2/c1-12(2)18(22(31)32)26-20(29)16(8-9-34-3)24-21(30)17(11-33)25-19(28)15(23)10-13-4-6-14(27)7-5-13/h4-7,12,15-18,27,33H,8-11,23H2,1-3H3,(H,24,30)(H,25,28)(H,26,29)(H,31,32).